The van der Waals surface area contributed by atoms with E-state index >= 15 is 0 Å². The number of nitrogens with zero attached hydrogens (tertiary/aromatic N) is 2. The molecule has 0 unspecified atom stereocenters. The second-order valence-electron chi connectivity index (χ2n) is 8.12. The van der Waals surface area contributed by atoms with Crippen LogP contribution in [0.4, 0.5) is 8.78 Å². The lowest BCUT2D eigenvalue weighted by molar-refractivity contribution is -0.140. The zero-order chi connectivity index (χ0) is 19.2. The summed E-state index contributed by atoms with van der Waals surface area (Å²) in [5.41, 5.74) is 0.436. The number of hydrogen-bond donors (Lipinski definition) is 0. The summed E-state index contributed by atoms with van der Waals surface area (Å²) in [5.74, 6) is -3.11. The average Bonchev–Trinajstić information content (AvgIpc) is 2.75. The molecule has 2 saturated heterocycles. The van der Waals surface area contributed by atoms with Crippen LogP contribution in [-0.4, -0.2) is 53.1 Å². The van der Waals surface area contributed by atoms with Crippen molar-refractivity contribution in [3.8, 4) is 0 Å². The normalized spacial score (nSPS) is 23.9. The number of amides is 1. The highest BCUT2D eigenvalue weighted by Gasteiger charge is 2.51. The van der Waals surface area contributed by atoms with E-state index in [1.54, 1.807) is 12.3 Å². The molecule has 2 aliphatic heterocycles. The van der Waals surface area contributed by atoms with Crippen molar-refractivity contribution in [1.82, 2.24) is 9.88 Å². The van der Waals surface area contributed by atoms with E-state index in [-0.39, 0.29) is 18.7 Å². The van der Waals surface area contributed by atoms with Crippen molar-refractivity contribution in [3.05, 3.63) is 24.0 Å². The quantitative estimate of drug-likeness (QED) is 0.770. The Hall–Kier alpha value is -1.54. The molecule has 0 N–H and O–H groups in total. The second-order valence-corrected chi connectivity index (χ2v) is 8.12. The summed E-state index contributed by atoms with van der Waals surface area (Å²) < 4.78 is 38.9. The minimum atomic E-state index is -2.79. The number of aromatic nitrogens is 1. The highest BCUT2D eigenvalue weighted by atomic mass is 19.3. The molecule has 5 nitrogen and oxygen atoms in total. The van der Waals surface area contributed by atoms with Crippen molar-refractivity contribution in [3.63, 3.8) is 0 Å². The van der Waals surface area contributed by atoms with Crippen LogP contribution in [0.25, 0.3) is 0 Å². The minimum absolute atomic E-state index is 0.0136. The van der Waals surface area contributed by atoms with E-state index in [0.717, 1.165) is 5.46 Å². The van der Waals surface area contributed by atoms with Crippen molar-refractivity contribution in [1.29, 1.82) is 0 Å². The summed E-state index contributed by atoms with van der Waals surface area (Å²) in [5, 5.41) is 0. The highest BCUT2D eigenvalue weighted by molar-refractivity contribution is 6.62. The summed E-state index contributed by atoms with van der Waals surface area (Å²) in [7, 11) is -0.516. The van der Waals surface area contributed by atoms with Gasteiger partial charge in [-0.1, -0.05) is 6.07 Å². The number of carbonyl (C=O) groups excluding carboxylic acids is 1. The fourth-order valence-corrected chi connectivity index (χ4v) is 3.10. The first kappa shape index (κ1) is 19.2. The first-order valence-corrected chi connectivity index (χ1v) is 8.95. The summed E-state index contributed by atoms with van der Waals surface area (Å²) in [6, 6.07) is 3.53. The van der Waals surface area contributed by atoms with Crippen molar-refractivity contribution in [2.45, 2.75) is 64.1 Å². The smallest absolute Gasteiger partial charge is 0.399 e. The zero-order valence-electron chi connectivity index (χ0n) is 15.7. The molecule has 3 heterocycles. The number of rotatable bonds is 3. The van der Waals surface area contributed by atoms with Crippen LogP contribution in [-0.2, 0) is 20.5 Å². The molecule has 3 rings (SSSR count). The Balaban J connectivity index is 1.63. The minimum Gasteiger partial charge on any atom is -0.399 e. The monoisotopic (exact) mass is 366 g/mol. The van der Waals surface area contributed by atoms with E-state index in [1.165, 1.54) is 4.90 Å². The molecule has 0 bridgehead atoms. The Morgan fingerprint density at radius 2 is 1.88 bits per heavy atom. The summed E-state index contributed by atoms with van der Waals surface area (Å²) in [6.07, 6.45) is 1.81. The van der Waals surface area contributed by atoms with Crippen molar-refractivity contribution in [2.24, 2.45) is 0 Å². The molecule has 1 amide bonds. The molecule has 0 atom stereocenters. The van der Waals surface area contributed by atoms with Gasteiger partial charge < -0.3 is 14.2 Å². The Morgan fingerprint density at radius 1 is 1.23 bits per heavy atom. The maximum absolute atomic E-state index is 13.5. The van der Waals surface area contributed by atoms with E-state index in [2.05, 4.69) is 4.98 Å². The molecule has 1 aromatic rings. The molecule has 0 saturated carbocycles. The van der Waals surface area contributed by atoms with Gasteiger partial charge in [-0.2, -0.15) is 0 Å². The average molecular weight is 366 g/mol. The van der Waals surface area contributed by atoms with Gasteiger partial charge in [0.15, 0.2) is 0 Å². The SMILES string of the molecule is CC1(C)OB(c2ccc(CC(=O)N3CCCC(F)(F)C3)nc2)OC1(C)C. The van der Waals surface area contributed by atoms with Gasteiger partial charge in [0.1, 0.15) is 0 Å². The largest absolute Gasteiger partial charge is 0.496 e. The van der Waals surface area contributed by atoms with Gasteiger partial charge in [-0.3, -0.25) is 9.78 Å². The van der Waals surface area contributed by atoms with Crippen LogP contribution in [0.2, 0.25) is 0 Å². The molecule has 1 aromatic heterocycles. The second kappa shape index (κ2) is 6.57. The van der Waals surface area contributed by atoms with Crippen LogP contribution in [0.15, 0.2) is 18.3 Å². The molecule has 0 aromatic carbocycles. The van der Waals surface area contributed by atoms with Gasteiger partial charge in [-0.05, 0) is 40.2 Å². The van der Waals surface area contributed by atoms with E-state index in [0.29, 0.717) is 18.7 Å². The molecule has 26 heavy (non-hydrogen) atoms. The fraction of sp³-hybridized carbons (Fsp3) is 0.667. The van der Waals surface area contributed by atoms with Crippen LogP contribution >= 0.6 is 0 Å². The van der Waals surface area contributed by atoms with Crippen molar-refractivity contribution < 1.29 is 22.9 Å². The van der Waals surface area contributed by atoms with Crippen LogP contribution < -0.4 is 5.46 Å². The fourth-order valence-electron chi connectivity index (χ4n) is 3.10. The Morgan fingerprint density at radius 3 is 2.42 bits per heavy atom. The number of halogens is 2. The van der Waals surface area contributed by atoms with Gasteiger partial charge in [0, 0.05) is 30.3 Å². The lowest BCUT2D eigenvalue weighted by atomic mass is 9.80. The maximum Gasteiger partial charge on any atom is 0.496 e. The van der Waals surface area contributed by atoms with Crippen LogP contribution in [0.1, 0.15) is 46.2 Å². The van der Waals surface area contributed by atoms with Gasteiger partial charge in [-0.15, -0.1) is 0 Å². The maximum atomic E-state index is 13.5. The van der Waals surface area contributed by atoms with Crippen LogP contribution in [0, 0.1) is 0 Å². The molecule has 0 aliphatic carbocycles. The van der Waals surface area contributed by atoms with Crippen molar-refractivity contribution in [2.75, 3.05) is 13.1 Å². The van der Waals surface area contributed by atoms with Gasteiger partial charge in [0.25, 0.3) is 5.92 Å². The number of hydrogen-bond acceptors (Lipinski definition) is 4. The van der Waals surface area contributed by atoms with Gasteiger partial charge in [0.2, 0.25) is 5.91 Å². The third-order valence-electron chi connectivity index (χ3n) is 5.45. The molecule has 0 spiro atoms. The number of alkyl halides is 2. The topological polar surface area (TPSA) is 51.7 Å². The van der Waals surface area contributed by atoms with E-state index in [1.807, 2.05) is 33.8 Å². The van der Waals surface area contributed by atoms with E-state index < -0.39 is 30.8 Å². The lowest BCUT2D eigenvalue weighted by Crippen LogP contribution is -2.46. The molecular formula is C18H25BF2N2O3. The number of piperidine rings is 1. The Labute approximate surface area is 153 Å². The number of carbonyl (C=O) groups is 1. The Bertz CT molecular complexity index is 664. The standard InChI is InChI=1S/C18H25BF2N2O3/c1-16(2)17(3,4)26-19(25-16)13-6-7-14(22-11-13)10-15(24)23-9-5-8-18(20,21)12-23/h6-7,11H,5,8-10,12H2,1-4H3. The van der Waals surface area contributed by atoms with Gasteiger partial charge in [0.05, 0.1) is 24.2 Å². The molecule has 2 fully saturated rings. The highest BCUT2D eigenvalue weighted by Crippen LogP contribution is 2.36. The first-order valence-electron chi connectivity index (χ1n) is 8.95. The summed E-state index contributed by atoms with van der Waals surface area (Å²) in [4.78, 5) is 17.8. The third kappa shape index (κ3) is 3.91. The van der Waals surface area contributed by atoms with Crippen LogP contribution in [0.5, 0.6) is 0 Å². The lowest BCUT2D eigenvalue weighted by Gasteiger charge is -2.32. The molecular weight excluding hydrogens is 341 g/mol. The predicted octanol–water partition coefficient (Wildman–Crippen LogP) is 2.18. The molecule has 0 radical (unpaired) electrons. The zero-order valence-corrected chi connectivity index (χ0v) is 15.7. The van der Waals surface area contributed by atoms with Crippen LogP contribution in [0.3, 0.4) is 0 Å². The van der Waals surface area contributed by atoms with Gasteiger partial charge in [-0.25, -0.2) is 8.78 Å². The third-order valence-corrected chi connectivity index (χ3v) is 5.45. The predicted molar refractivity (Wildman–Crippen MR) is 94.4 cm³/mol. The summed E-state index contributed by atoms with van der Waals surface area (Å²) >= 11 is 0. The van der Waals surface area contributed by atoms with E-state index in [9.17, 15) is 13.6 Å². The first-order chi connectivity index (χ1) is 12.0. The van der Waals surface area contributed by atoms with E-state index in [4.69, 9.17) is 9.31 Å². The summed E-state index contributed by atoms with van der Waals surface area (Å²) in [6.45, 7) is 7.77. The number of pyridine rings is 1. The Kier molecular flexibility index (Phi) is 4.86. The van der Waals surface area contributed by atoms with Gasteiger partial charge >= 0.3 is 7.12 Å². The molecule has 2 aliphatic rings. The molecule has 8 heteroatoms. The van der Waals surface area contributed by atoms with Crippen molar-refractivity contribution >= 4 is 18.5 Å². The number of likely N-dealkylation sites (tertiary alicyclic amines) is 1. The molecule has 142 valence electrons.